The Labute approximate surface area is 239 Å². The number of phenols is 1. The second kappa shape index (κ2) is 11.2. The lowest BCUT2D eigenvalue weighted by Crippen LogP contribution is -2.50. The standard InChI is InChI=1S/C24H22Br2ClFN6O4/c25-14-11-13(12-15(26)20(14)35)21-30-22(38-31-21)24(37)34-9-7-32(8-10-34)17-2-1-16(27)19(28)18(17)23(36)33-5-3-29-4-6-33/h1-2,11-12,29,35H,3-10H2. The third kappa shape index (κ3) is 5.24. The van der Waals surface area contributed by atoms with Gasteiger partial charge in [0.2, 0.25) is 5.82 Å². The van der Waals surface area contributed by atoms with E-state index in [2.05, 4.69) is 47.3 Å². The fourth-order valence-electron chi connectivity index (χ4n) is 4.44. The summed E-state index contributed by atoms with van der Waals surface area (Å²) in [7, 11) is 0. The van der Waals surface area contributed by atoms with Crippen molar-refractivity contribution in [1.82, 2.24) is 25.3 Å². The average molecular weight is 673 g/mol. The van der Waals surface area contributed by atoms with Crippen molar-refractivity contribution >= 4 is 61.0 Å². The zero-order chi connectivity index (χ0) is 27.0. The maximum absolute atomic E-state index is 15.1. The Morgan fingerprint density at radius 2 is 1.63 bits per heavy atom. The number of carbonyl (C=O) groups excluding carboxylic acids is 2. The lowest BCUT2D eigenvalue weighted by Gasteiger charge is -2.37. The van der Waals surface area contributed by atoms with Crippen molar-refractivity contribution in [3.8, 4) is 17.1 Å². The molecule has 200 valence electrons. The number of phenolic OH excluding ortho intramolecular Hbond substituents is 1. The van der Waals surface area contributed by atoms with Crippen LogP contribution in [0.3, 0.4) is 0 Å². The van der Waals surface area contributed by atoms with Gasteiger partial charge in [0.1, 0.15) is 11.3 Å². The zero-order valence-corrected chi connectivity index (χ0v) is 23.8. The molecule has 0 aliphatic carbocycles. The molecule has 0 unspecified atom stereocenters. The first-order chi connectivity index (χ1) is 18.2. The number of rotatable bonds is 4. The molecule has 2 aliphatic rings. The number of aromatic nitrogens is 2. The molecule has 0 radical (unpaired) electrons. The van der Waals surface area contributed by atoms with Gasteiger partial charge in [-0.05, 0) is 56.1 Å². The summed E-state index contributed by atoms with van der Waals surface area (Å²) < 4.78 is 21.2. The fraction of sp³-hybridized carbons (Fsp3) is 0.333. The number of carbonyl (C=O) groups is 2. The van der Waals surface area contributed by atoms with Crippen LogP contribution in [0.5, 0.6) is 5.75 Å². The van der Waals surface area contributed by atoms with E-state index in [1.807, 2.05) is 4.90 Å². The molecule has 3 aromatic rings. The number of piperazine rings is 2. The van der Waals surface area contributed by atoms with Crippen LogP contribution in [0.1, 0.15) is 21.0 Å². The molecule has 1 aromatic heterocycles. The van der Waals surface area contributed by atoms with E-state index in [9.17, 15) is 14.7 Å². The lowest BCUT2D eigenvalue weighted by molar-refractivity contribution is 0.0692. The minimum absolute atomic E-state index is 0.0322. The number of aromatic hydroxyl groups is 1. The molecule has 0 atom stereocenters. The van der Waals surface area contributed by atoms with Crippen LogP contribution in [0.4, 0.5) is 10.1 Å². The highest BCUT2D eigenvalue weighted by molar-refractivity contribution is 9.11. The normalized spacial score (nSPS) is 16.2. The van der Waals surface area contributed by atoms with Crippen LogP contribution in [0.2, 0.25) is 5.02 Å². The number of halogens is 4. The van der Waals surface area contributed by atoms with E-state index in [1.54, 1.807) is 28.0 Å². The number of nitrogens with one attached hydrogen (secondary N) is 1. The minimum atomic E-state index is -0.739. The number of benzene rings is 2. The van der Waals surface area contributed by atoms with E-state index in [-0.39, 0.29) is 28.1 Å². The van der Waals surface area contributed by atoms with Crippen LogP contribution in [0, 0.1) is 5.82 Å². The van der Waals surface area contributed by atoms with Crippen molar-refractivity contribution in [2.24, 2.45) is 0 Å². The molecule has 38 heavy (non-hydrogen) atoms. The van der Waals surface area contributed by atoms with Crippen molar-refractivity contribution in [3.63, 3.8) is 0 Å². The highest BCUT2D eigenvalue weighted by atomic mass is 79.9. The summed E-state index contributed by atoms with van der Waals surface area (Å²) >= 11 is 12.6. The molecule has 2 N–H and O–H groups in total. The summed E-state index contributed by atoms with van der Waals surface area (Å²) in [6, 6.07) is 6.32. The fourth-order valence-corrected chi connectivity index (χ4v) is 5.79. The Bertz CT molecular complexity index is 1370. The van der Waals surface area contributed by atoms with Gasteiger partial charge >= 0.3 is 11.8 Å². The van der Waals surface area contributed by atoms with Crippen molar-refractivity contribution in [2.75, 3.05) is 57.3 Å². The van der Waals surface area contributed by atoms with Crippen LogP contribution in [0.15, 0.2) is 37.7 Å². The highest BCUT2D eigenvalue weighted by Crippen LogP contribution is 2.36. The van der Waals surface area contributed by atoms with Gasteiger partial charge in [0.25, 0.3) is 5.91 Å². The summed E-state index contributed by atoms with van der Waals surface area (Å²) in [6.45, 7) is 3.59. The van der Waals surface area contributed by atoms with E-state index < -0.39 is 17.6 Å². The molecule has 0 spiro atoms. The van der Waals surface area contributed by atoms with Crippen LogP contribution in [0.25, 0.3) is 11.4 Å². The molecule has 0 bridgehead atoms. The molecule has 2 fully saturated rings. The van der Waals surface area contributed by atoms with Crippen LogP contribution < -0.4 is 10.2 Å². The first-order valence-corrected chi connectivity index (χ1v) is 13.7. The molecular weight excluding hydrogens is 651 g/mol. The van der Waals surface area contributed by atoms with Crippen molar-refractivity contribution in [2.45, 2.75) is 0 Å². The number of anilines is 1. The number of nitrogens with zero attached hydrogens (tertiary/aromatic N) is 5. The number of hydrogen-bond acceptors (Lipinski definition) is 8. The Morgan fingerprint density at radius 3 is 2.29 bits per heavy atom. The van der Waals surface area contributed by atoms with E-state index in [1.165, 1.54) is 6.07 Å². The van der Waals surface area contributed by atoms with Gasteiger partial charge in [-0.3, -0.25) is 9.59 Å². The van der Waals surface area contributed by atoms with Gasteiger partial charge in [0, 0.05) is 57.9 Å². The molecule has 2 saturated heterocycles. The first-order valence-electron chi connectivity index (χ1n) is 11.8. The second-order valence-electron chi connectivity index (χ2n) is 8.79. The van der Waals surface area contributed by atoms with E-state index in [0.717, 1.165) is 0 Å². The van der Waals surface area contributed by atoms with E-state index in [0.29, 0.717) is 72.6 Å². The van der Waals surface area contributed by atoms with Crippen molar-refractivity contribution in [1.29, 1.82) is 0 Å². The monoisotopic (exact) mass is 670 g/mol. The summed E-state index contributed by atoms with van der Waals surface area (Å²) in [5, 5.41) is 16.9. The summed E-state index contributed by atoms with van der Waals surface area (Å²) in [6.07, 6.45) is 0. The molecule has 2 amide bonds. The third-order valence-electron chi connectivity index (χ3n) is 6.48. The maximum Gasteiger partial charge on any atom is 0.316 e. The molecular formula is C24H22Br2ClFN6O4. The van der Waals surface area contributed by atoms with Gasteiger partial charge in [-0.15, -0.1) is 0 Å². The van der Waals surface area contributed by atoms with Gasteiger partial charge in [-0.25, -0.2) is 4.39 Å². The Morgan fingerprint density at radius 1 is 1.00 bits per heavy atom. The topological polar surface area (TPSA) is 115 Å². The van der Waals surface area contributed by atoms with Crippen LogP contribution >= 0.6 is 43.5 Å². The third-order valence-corrected chi connectivity index (χ3v) is 7.98. The van der Waals surface area contributed by atoms with Crippen molar-refractivity contribution in [3.05, 3.63) is 55.5 Å². The predicted octanol–water partition coefficient (Wildman–Crippen LogP) is 3.77. The maximum atomic E-state index is 15.1. The second-order valence-corrected chi connectivity index (χ2v) is 10.9. The molecule has 10 nitrogen and oxygen atoms in total. The molecule has 3 heterocycles. The van der Waals surface area contributed by atoms with Crippen LogP contribution in [-0.4, -0.2) is 89.2 Å². The van der Waals surface area contributed by atoms with E-state index >= 15 is 4.39 Å². The summed E-state index contributed by atoms with van der Waals surface area (Å²) in [4.78, 5) is 35.6. The largest absolute Gasteiger partial charge is 0.506 e. The average Bonchev–Trinajstić information content (AvgIpc) is 3.43. The Balaban J connectivity index is 1.30. The Kier molecular flexibility index (Phi) is 7.89. The SMILES string of the molecule is O=C(c1nc(-c2cc(Br)c(O)c(Br)c2)no1)N1CCN(c2ccc(Cl)c(F)c2C(=O)N2CCNCC2)CC1. The van der Waals surface area contributed by atoms with Gasteiger partial charge < -0.3 is 29.6 Å². The lowest BCUT2D eigenvalue weighted by atomic mass is 10.1. The van der Waals surface area contributed by atoms with E-state index in [4.69, 9.17) is 16.1 Å². The Hall–Kier alpha value is -2.74. The number of amides is 2. The van der Waals surface area contributed by atoms with Gasteiger partial charge in [-0.2, -0.15) is 4.98 Å². The van der Waals surface area contributed by atoms with Gasteiger partial charge in [0.05, 0.1) is 19.7 Å². The smallest absolute Gasteiger partial charge is 0.316 e. The zero-order valence-electron chi connectivity index (χ0n) is 19.9. The van der Waals surface area contributed by atoms with Gasteiger partial charge in [-0.1, -0.05) is 16.8 Å². The molecule has 2 aliphatic heterocycles. The molecule has 14 heteroatoms. The summed E-state index contributed by atoms with van der Waals surface area (Å²) in [5.74, 6) is -1.51. The highest BCUT2D eigenvalue weighted by Gasteiger charge is 2.31. The molecule has 5 rings (SSSR count). The predicted molar refractivity (Wildman–Crippen MR) is 145 cm³/mol. The molecule has 2 aromatic carbocycles. The number of hydrogen-bond donors (Lipinski definition) is 2. The van der Waals surface area contributed by atoms with Crippen LogP contribution in [-0.2, 0) is 0 Å². The van der Waals surface area contributed by atoms with Crippen molar-refractivity contribution < 1.29 is 23.6 Å². The summed E-state index contributed by atoms with van der Waals surface area (Å²) in [5.41, 5.74) is 0.943. The van der Waals surface area contributed by atoms with Gasteiger partial charge in [0.15, 0.2) is 5.82 Å². The molecule has 0 saturated carbocycles. The quantitative estimate of drug-likeness (QED) is 0.431. The first kappa shape index (κ1) is 26.9. The minimum Gasteiger partial charge on any atom is -0.506 e.